The number of ether oxygens (including phenoxy) is 1. The molecule has 0 spiro atoms. The van der Waals surface area contributed by atoms with E-state index in [1.807, 2.05) is 24.3 Å². The average Bonchev–Trinajstić information content (AvgIpc) is 2.48. The smallest absolute Gasteiger partial charge is 0.138 e. The van der Waals surface area contributed by atoms with Gasteiger partial charge in [-0.3, -0.25) is 4.98 Å². The Morgan fingerprint density at radius 2 is 2.00 bits per heavy atom. The van der Waals surface area contributed by atoms with Crippen LogP contribution in [0.3, 0.4) is 0 Å². The zero-order valence-corrected chi connectivity index (χ0v) is 13.6. The largest absolute Gasteiger partial charge is 0.487 e. The van der Waals surface area contributed by atoms with Crippen LogP contribution in [0.25, 0.3) is 0 Å². The molecule has 1 N–H and O–H groups in total. The van der Waals surface area contributed by atoms with E-state index in [2.05, 4.69) is 24.1 Å². The minimum atomic E-state index is 0.366. The van der Waals surface area contributed by atoms with Crippen molar-refractivity contribution in [3.8, 4) is 5.75 Å². The Morgan fingerprint density at radius 1 is 1.19 bits per heavy atom. The Balaban J connectivity index is 1.93. The number of pyridine rings is 1. The van der Waals surface area contributed by atoms with E-state index in [0.717, 1.165) is 17.8 Å². The van der Waals surface area contributed by atoms with Gasteiger partial charge in [-0.05, 0) is 18.2 Å². The highest BCUT2D eigenvalue weighted by molar-refractivity contribution is 6.42. The monoisotopic (exact) mass is 324 g/mol. The van der Waals surface area contributed by atoms with Crippen molar-refractivity contribution < 1.29 is 4.74 Å². The van der Waals surface area contributed by atoms with Crippen LogP contribution in [0.1, 0.15) is 25.1 Å². The van der Waals surface area contributed by atoms with Gasteiger partial charge in [0.25, 0.3) is 0 Å². The number of hydrogen-bond donors (Lipinski definition) is 1. The molecule has 0 aliphatic rings. The van der Waals surface area contributed by atoms with Gasteiger partial charge in [-0.15, -0.1) is 0 Å². The molecule has 1 aromatic heterocycles. The second kappa shape index (κ2) is 7.64. The first-order valence-electron chi connectivity index (χ1n) is 6.80. The summed E-state index contributed by atoms with van der Waals surface area (Å²) in [6.07, 6.45) is 1.72. The van der Waals surface area contributed by atoms with Gasteiger partial charge in [0.05, 0.1) is 21.9 Å². The Hall–Kier alpha value is -1.29. The summed E-state index contributed by atoms with van der Waals surface area (Å²) in [4.78, 5) is 4.36. The van der Waals surface area contributed by atoms with Gasteiger partial charge in [-0.1, -0.05) is 49.2 Å². The normalized spacial score (nSPS) is 10.9. The highest BCUT2D eigenvalue weighted by Gasteiger charge is 2.05. The van der Waals surface area contributed by atoms with Gasteiger partial charge in [0, 0.05) is 18.2 Å². The SMILES string of the molecule is CC(C)NCc1ccc(OCc2cccc(Cl)c2Cl)cn1. The summed E-state index contributed by atoms with van der Waals surface area (Å²) in [6, 6.07) is 9.79. The maximum absolute atomic E-state index is 6.12. The molecule has 0 aliphatic carbocycles. The topological polar surface area (TPSA) is 34.1 Å². The van der Waals surface area contributed by atoms with E-state index in [0.29, 0.717) is 28.4 Å². The fourth-order valence-corrected chi connectivity index (χ4v) is 2.11. The Bertz CT molecular complexity index is 585. The second-order valence-electron chi connectivity index (χ2n) is 5.02. The summed E-state index contributed by atoms with van der Waals surface area (Å²) >= 11 is 12.1. The number of nitrogens with one attached hydrogen (secondary N) is 1. The van der Waals surface area contributed by atoms with Gasteiger partial charge < -0.3 is 10.1 Å². The van der Waals surface area contributed by atoms with E-state index in [4.69, 9.17) is 27.9 Å². The second-order valence-corrected chi connectivity index (χ2v) is 5.81. The molecule has 5 heteroatoms. The lowest BCUT2D eigenvalue weighted by molar-refractivity contribution is 0.305. The molecule has 2 aromatic rings. The first-order chi connectivity index (χ1) is 10.1. The van der Waals surface area contributed by atoms with Gasteiger partial charge >= 0.3 is 0 Å². The predicted molar refractivity (Wildman–Crippen MR) is 87.0 cm³/mol. The third kappa shape index (κ3) is 4.88. The molecular weight excluding hydrogens is 307 g/mol. The van der Waals surface area contributed by atoms with Crippen molar-refractivity contribution in [3.05, 3.63) is 57.8 Å². The standard InChI is InChI=1S/C16H18Cl2N2O/c1-11(2)19-8-13-6-7-14(9-20-13)21-10-12-4-3-5-15(17)16(12)18/h3-7,9,11,19H,8,10H2,1-2H3. The van der Waals surface area contributed by atoms with Crippen molar-refractivity contribution in [2.24, 2.45) is 0 Å². The molecule has 0 radical (unpaired) electrons. The third-order valence-electron chi connectivity index (χ3n) is 2.91. The first kappa shape index (κ1) is 16.1. The molecule has 0 fully saturated rings. The van der Waals surface area contributed by atoms with Crippen LogP contribution in [-0.4, -0.2) is 11.0 Å². The van der Waals surface area contributed by atoms with Crippen LogP contribution in [-0.2, 0) is 13.2 Å². The molecule has 0 unspecified atom stereocenters. The van der Waals surface area contributed by atoms with Crippen LogP contribution < -0.4 is 10.1 Å². The molecule has 0 aliphatic heterocycles. The van der Waals surface area contributed by atoms with E-state index < -0.39 is 0 Å². The Morgan fingerprint density at radius 3 is 2.67 bits per heavy atom. The van der Waals surface area contributed by atoms with E-state index in [9.17, 15) is 0 Å². The number of benzene rings is 1. The van der Waals surface area contributed by atoms with Crippen LogP contribution in [0.15, 0.2) is 36.5 Å². The van der Waals surface area contributed by atoms with Crippen molar-refractivity contribution in [1.29, 1.82) is 0 Å². The zero-order valence-electron chi connectivity index (χ0n) is 12.1. The fourth-order valence-electron chi connectivity index (χ4n) is 1.73. The van der Waals surface area contributed by atoms with Gasteiger partial charge in [0.1, 0.15) is 12.4 Å². The van der Waals surface area contributed by atoms with Crippen LogP contribution in [0.4, 0.5) is 0 Å². The van der Waals surface area contributed by atoms with Crippen LogP contribution in [0, 0.1) is 0 Å². The molecule has 0 saturated carbocycles. The van der Waals surface area contributed by atoms with Crippen molar-refractivity contribution in [2.75, 3.05) is 0 Å². The number of nitrogens with zero attached hydrogens (tertiary/aromatic N) is 1. The van der Waals surface area contributed by atoms with E-state index in [1.54, 1.807) is 12.3 Å². The molecule has 2 rings (SSSR count). The van der Waals surface area contributed by atoms with Crippen molar-refractivity contribution in [1.82, 2.24) is 10.3 Å². The van der Waals surface area contributed by atoms with Crippen molar-refractivity contribution >= 4 is 23.2 Å². The highest BCUT2D eigenvalue weighted by Crippen LogP contribution is 2.26. The lowest BCUT2D eigenvalue weighted by Crippen LogP contribution is -2.22. The molecule has 3 nitrogen and oxygen atoms in total. The van der Waals surface area contributed by atoms with Gasteiger partial charge in [-0.25, -0.2) is 0 Å². The Labute approximate surface area is 135 Å². The van der Waals surface area contributed by atoms with Crippen LogP contribution >= 0.6 is 23.2 Å². The third-order valence-corrected chi connectivity index (χ3v) is 3.77. The first-order valence-corrected chi connectivity index (χ1v) is 7.56. The van der Waals surface area contributed by atoms with Gasteiger partial charge in [0.15, 0.2) is 0 Å². The number of halogens is 2. The summed E-state index contributed by atoms with van der Waals surface area (Å²) < 4.78 is 5.68. The lowest BCUT2D eigenvalue weighted by Gasteiger charge is -2.10. The van der Waals surface area contributed by atoms with Crippen molar-refractivity contribution in [3.63, 3.8) is 0 Å². The quantitative estimate of drug-likeness (QED) is 0.851. The Kier molecular flexibility index (Phi) is 5.85. The molecular formula is C16H18Cl2N2O. The predicted octanol–water partition coefficient (Wildman–Crippen LogP) is 4.47. The van der Waals surface area contributed by atoms with E-state index in [1.165, 1.54) is 0 Å². The van der Waals surface area contributed by atoms with Gasteiger partial charge in [0.2, 0.25) is 0 Å². The van der Waals surface area contributed by atoms with Gasteiger partial charge in [-0.2, -0.15) is 0 Å². The number of hydrogen-bond acceptors (Lipinski definition) is 3. The maximum atomic E-state index is 6.12. The summed E-state index contributed by atoms with van der Waals surface area (Å²) in [5.74, 6) is 0.708. The lowest BCUT2D eigenvalue weighted by atomic mass is 10.2. The molecule has 1 heterocycles. The van der Waals surface area contributed by atoms with Crippen molar-refractivity contribution in [2.45, 2.75) is 33.0 Å². The molecule has 0 saturated heterocycles. The minimum Gasteiger partial charge on any atom is -0.487 e. The number of rotatable bonds is 6. The molecule has 21 heavy (non-hydrogen) atoms. The minimum absolute atomic E-state index is 0.366. The fraction of sp³-hybridized carbons (Fsp3) is 0.312. The summed E-state index contributed by atoms with van der Waals surface area (Å²) in [6.45, 7) is 5.32. The summed E-state index contributed by atoms with van der Waals surface area (Å²) in [5, 5.41) is 4.38. The zero-order chi connectivity index (χ0) is 15.2. The molecule has 1 aromatic carbocycles. The van der Waals surface area contributed by atoms with E-state index in [-0.39, 0.29) is 0 Å². The molecule has 112 valence electrons. The average molecular weight is 325 g/mol. The molecule has 0 bridgehead atoms. The van der Waals surface area contributed by atoms with Crippen LogP contribution in [0.5, 0.6) is 5.75 Å². The molecule has 0 atom stereocenters. The summed E-state index contributed by atoms with van der Waals surface area (Å²) in [5.41, 5.74) is 1.84. The van der Waals surface area contributed by atoms with Crippen LogP contribution in [0.2, 0.25) is 10.0 Å². The van der Waals surface area contributed by atoms with E-state index >= 15 is 0 Å². The molecule has 0 amide bonds. The maximum Gasteiger partial charge on any atom is 0.138 e. The summed E-state index contributed by atoms with van der Waals surface area (Å²) in [7, 11) is 0. The number of aromatic nitrogens is 1. The highest BCUT2D eigenvalue weighted by atomic mass is 35.5.